The molecule has 3 aromatic heterocycles. The Labute approximate surface area is 144 Å². The van der Waals surface area contributed by atoms with E-state index in [0.29, 0.717) is 28.8 Å². The Morgan fingerprint density at radius 3 is 2.71 bits per heavy atom. The quantitative estimate of drug-likeness (QED) is 0.727. The Bertz CT molecular complexity index is 922. The lowest BCUT2D eigenvalue weighted by atomic mass is 9.94. The van der Waals surface area contributed by atoms with E-state index in [4.69, 9.17) is 4.52 Å². The summed E-state index contributed by atoms with van der Waals surface area (Å²) >= 11 is 0. The Kier molecular flexibility index (Phi) is 4.42. The molecule has 1 aliphatic rings. The van der Waals surface area contributed by atoms with Crippen molar-refractivity contribution in [2.24, 2.45) is 0 Å². The number of aromatic nitrogens is 5. The first-order chi connectivity index (χ1) is 11.1. The number of hydrogen-bond acceptors (Lipinski definition) is 6. The highest BCUT2D eigenvalue weighted by atomic mass is 35.5. The summed E-state index contributed by atoms with van der Waals surface area (Å²) in [6, 6.07) is 1.65. The van der Waals surface area contributed by atoms with Crippen LogP contribution in [0.2, 0.25) is 0 Å². The first kappa shape index (κ1) is 16.7. The zero-order valence-corrected chi connectivity index (χ0v) is 14.3. The van der Waals surface area contributed by atoms with Crippen molar-refractivity contribution < 1.29 is 4.52 Å². The van der Waals surface area contributed by atoms with Crippen LogP contribution in [0.3, 0.4) is 0 Å². The summed E-state index contributed by atoms with van der Waals surface area (Å²) in [5.41, 5.74) is 2.87. The van der Waals surface area contributed by atoms with Gasteiger partial charge in [0.2, 0.25) is 0 Å². The predicted octanol–water partition coefficient (Wildman–Crippen LogP) is 1.58. The van der Waals surface area contributed by atoms with E-state index in [1.165, 1.54) is 0 Å². The summed E-state index contributed by atoms with van der Waals surface area (Å²) in [6.07, 6.45) is 1.99. The summed E-state index contributed by atoms with van der Waals surface area (Å²) in [4.78, 5) is 19.3. The van der Waals surface area contributed by atoms with Gasteiger partial charge in [-0.3, -0.25) is 4.79 Å². The van der Waals surface area contributed by atoms with Crippen molar-refractivity contribution in [1.82, 2.24) is 30.1 Å². The van der Waals surface area contributed by atoms with E-state index in [1.807, 2.05) is 11.4 Å². The van der Waals surface area contributed by atoms with Crippen LogP contribution in [0.5, 0.6) is 0 Å². The van der Waals surface area contributed by atoms with Gasteiger partial charge in [0.1, 0.15) is 11.2 Å². The number of nitrogens with zero attached hydrogens (tertiary/aromatic N) is 4. The number of fused-ring (bicyclic) bond motifs is 1. The van der Waals surface area contributed by atoms with Gasteiger partial charge in [0.25, 0.3) is 11.4 Å². The second-order valence-electron chi connectivity index (χ2n) is 5.95. The minimum absolute atomic E-state index is 0. The molecule has 0 unspecified atom stereocenters. The predicted molar refractivity (Wildman–Crippen MR) is 90.7 cm³/mol. The van der Waals surface area contributed by atoms with E-state index in [2.05, 4.69) is 25.5 Å². The highest BCUT2D eigenvalue weighted by molar-refractivity contribution is 5.85. The molecule has 0 spiro atoms. The molecule has 4 rings (SSSR count). The third kappa shape index (κ3) is 2.71. The SMILES string of the molecule is Cc1noc(-c2c(C)nn3c(C4CCNCC4)cc(=O)[nH]c23)n1.Cl. The molecule has 0 atom stereocenters. The van der Waals surface area contributed by atoms with E-state index in [1.54, 1.807) is 13.0 Å². The summed E-state index contributed by atoms with van der Waals surface area (Å²) < 4.78 is 7.10. The summed E-state index contributed by atoms with van der Waals surface area (Å²) in [5, 5.41) is 11.8. The van der Waals surface area contributed by atoms with Crippen molar-refractivity contribution in [3.63, 3.8) is 0 Å². The van der Waals surface area contributed by atoms with Gasteiger partial charge in [-0.1, -0.05) is 5.16 Å². The van der Waals surface area contributed by atoms with Crippen LogP contribution in [-0.2, 0) is 0 Å². The third-order valence-corrected chi connectivity index (χ3v) is 4.32. The lowest BCUT2D eigenvalue weighted by molar-refractivity contribution is 0.425. The van der Waals surface area contributed by atoms with Crippen LogP contribution in [0.15, 0.2) is 15.4 Å². The molecule has 9 heteroatoms. The fourth-order valence-electron chi connectivity index (χ4n) is 3.24. The maximum Gasteiger partial charge on any atom is 0.263 e. The second-order valence-corrected chi connectivity index (χ2v) is 5.95. The van der Waals surface area contributed by atoms with E-state index >= 15 is 0 Å². The van der Waals surface area contributed by atoms with Crippen molar-refractivity contribution in [1.29, 1.82) is 0 Å². The smallest absolute Gasteiger partial charge is 0.263 e. The number of nitrogens with one attached hydrogen (secondary N) is 2. The van der Waals surface area contributed by atoms with Gasteiger partial charge in [-0.05, 0) is 39.8 Å². The minimum Gasteiger partial charge on any atom is -0.334 e. The molecule has 1 aliphatic heterocycles. The first-order valence-electron chi connectivity index (χ1n) is 7.77. The van der Waals surface area contributed by atoms with Crippen molar-refractivity contribution >= 4 is 18.1 Å². The molecule has 1 saturated heterocycles. The fourth-order valence-corrected chi connectivity index (χ4v) is 3.24. The molecule has 1 fully saturated rings. The zero-order valence-electron chi connectivity index (χ0n) is 13.5. The number of aryl methyl sites for hydroxylation is 2. The Balaban J connectivity index is 0.00000169. The monoisotopic (exact) mass is 350 g/mol. The fraction of sp³-hybridized carbons (Fsp3) is 0.467. The summed E-state index contributed by atoms with van der Waals surface area (Å²) in [6.45, 7) is 5.55. The van der Waals surface area contributed by atoms with Gasteiger partial charge in [-0.25, -0.2) is 4.52 Å². The largest absolute Gasteiger partial charge is 0.334 e. The topological polar surface area (TPSA) is 101 Å². The van der Waals surface area contributed by atoms with Gasteiger partial charge < -0.3 is 14.8 Å². The molecule has 8 nitrogen and oxygen atoms in total. The highest BCUT2D eigenvalue weighted by Crippen LogP contribution is 2.29. The molecule has 0 radical (unpaired) electrons. The molecular weight excluding hydrogens is 332 g/mol. The molecule has 4 heterocycles. The van der Waals surface area contributed by atoms with Crippen LogP contribution in [0.1, 0.15) is 36.0 Å². The Morgan fingerprint density at radius 1 is 1.29 bits per heavy atom. The maximum absolute atomic E-state index is 12.2. The lowest BCUT2D eigenvalue weighted by Gasteiger charge is -2.23. The molecule has 0 aliphatic carbocycles. The third-order valence-electron chi connectivity index (χ3n) is 4.32. The van der Waals surface area contributed by atoms with Crippen LogP contribution in [0.25, 0.3) is 17.1 Å². The highest BCUT2D eigenvalue weighted by Gasteiger charge is 2.24. The molecule has 3 aromatic rings. The maximum atomic E-state index is 12.2. The molecule has 2 N–H and O–H groups in total. The van der Waals surface area contributed by atoms with Crippen LogP contribution in [0, 0.1) is 13.8 Å². The number of rotatable bonds is 2. The molecule has 0 bridgehead atoms. The summed E-state index contributed by atoms with van der Waals surface area (Å²) in [7, 11) is 0. The van der Waals surface area contributed by atoms with Crippen LogP contribution in [0.4, 0.5) is 0 Å². The molecule has 0 saturated carbocycles. The minimum atomic E-state index is -0.136. The normalized spacial score (nSPS) is 15.6. The molecule has 24 heavy (non-hydrogen) atoms. The van der Waals surface area contributed by atoms with Crippen LogP contribution in [-0.4, -0.2) is 37.8 Å². The first-order valence-corrected chi connectivity index (χ1v) is 7.77. The van der Waals surface area contributed by atoms with E-state index in [0.717, 1.165) is 37.3 Å². The van der Waals surface area contributed by atoms with Crippen LogP contribution < -0.4 is 10.9 Å². The van der Waals surface area contributed by atoms with Crippen molar-refractivity contribution in [3.8, 4) is 11.5 Å². The number of halogens is 1. The number of aromatic amines is 1. The zero-order chi connectivity index (χ0) is 16.0. The van der Waals surface area contributed by atoms with Gasteiger partial charge in [0.05, 0.1) is 11.4 Å². The molecule has 0 aromatic carbocycles. The Morgan fingerprint density at radius 2 is 2.04 bits per heavy atom. The van der Waals surface area contributed by atoms with Gasteiger partial charge in [0.15, 0.2) is 5.82 Å². The van der Waals surface area contributed by atoms with Gasteiger partial charge in [0, 0.05) is 12.0 Å². The molecule has 0 amide bonds. The summed E-state index contributed by atoms with van der Waals surface area (Å²) in [5.74, 6) is 1.25. The van der Waals surface area contributed by atoms with Gasteiger partial charge in [-0.15, -0.1) is 12.4 Å². The lowest BCUT2D eigenvalue weighted by Crippen LogP contribution is -2.28. The average Bonchev–Trinajstić information content (AvgIpc) is 3.10. The standard InChI is InChI=1S/C15H18N6O2.ClH/c1-8-13(15-17-9(2)20-23-15)14-18-12(22)7-11(21(14)19-8)10-3-5-16-6-4-10;/h7,10,16H,3-6H2,1-2H3,(H,18,22);1H. The second kappa shape index (κ2) is 6.37. The van der Waals surface area contributed by atoms with Crippen molar-refractivity contribution in [2.75, 3.05) is 13.1 Å². The average molecular weight is 351 g/mol. The van der Waals surface area contributed by atoms with Crippen molar-refractivity contribution in [2.45, 2.75) is 32.6 Å². The number of hydrogen-bond donors (Lipinski definition) is 2. The van der Waals surface area contributed by atoms with E-state index in [9.17, 15) is 4.79 Å². The molecule has 128 valence electrons. The Hall–Kier alpha value is -2.19. The number of H-pyrrole nitrogens is 1. The van der Waals surface area contributed by atoms with Gasteiger partial charge in [-0.2, -0.15) is 10.1 Å². The van der Waals surface area contributed by atoms with Gasteiger partial charge >= 0.3 is 0 Å². The number of piperidine rings is 1. The van der Waals surface area contributed by atoms with E-state index < -0.39 is 0 Å². The van der Waals surface area contributed by atoms with E-state index in [-0.39, 0.29) is 18.0 Å². The molecular formula is C15H19ClN6O2. The van der Waals surface area contributed by atoms with Crippen molar-refractivity contribution in [3.05, 3.63) is 33.6 Å². The van der Waals surface area contributed by atoms with Crippen LogP contribution >= 0.6 is 12.4 Å².